The molecule has 1 aliphatic heterocycles. The van der Waals surface area contributed by atoms with Crippen LogP contribution in [0, 0.1) is 0 Å². The number of rotatable bonds is 6. The van der Waals surface area contributed by atoms with Gasteiger partial charge < -0.3 is 24.2 Å². The first kappa shape index (κ1) is 27.8. The van der Waals surface area contributed by atoms with Crippen molar-refractivity contribution in [3.8, 4) is 0 Å². The summed E-state index contributed by atoms with van der Waals surface area (Å²) in [5.74, 6) is 1.04. The maximum absolute atomic E-state index is 13.3. The third-order valence-corrected chi connectivity index (χ3v) is 7.99. The van der Waals surface area contributed by atoms with Gasteiger partial charge in [0.2, 0.25) is 5.91 Å². The molecule has 1 amide bonds. The van der Waals surface area contributed by atoms with Crippen LogP contribution in [0.15, 0.2) is 40.2 Å². The summed E-state index contributed by atoms with van der Waals surface area (Å²) in [6.07, 6.45) is 1.41. The van der Waals surface area contributed by atoms with Crippen molar-refractivity contribution in [3.05, 3.63) is 57.3 Å². The van der Waals surface area contributed by atoms with Crippen LogP contribution >= 0.6 is 0 Å². The van der Waals surface area contributed by atoms with E-state index in [2.05, 4.69) is 23.4 Å². The first-order valence-corrected chi connectivity index (χ1v) is 13.7. The Morgan fingerprint density at radius 2 is 1.90 bits per heavy atom. The van der Waals surface area contributed by atoms with Gasteiger partial charge in [0, 0.05) is 39.5 Å². The summed E-state index contributed by atoms with van der Waals surface area (Å²) in [4.78, 5) is 49.3. The van der Waals surface area contributed by atoms with Crippen molar-refractivity contribution in [1.82, 2.24) is 33.1 Å². The fraction of sp³-hybridized carbons (Fsp3) is 0.536. The number of carbonyl (C=O) groups excluding carboxylic acids is 1. The molecule has 4 heterocycles. The number of nitrogens with zero attached hydrogens (tertiary/aromatic N) is 7. The molecule has 3 aromatic heterocycles. The van der Waals surface area contributed by atoms with E-state index in [0.29, 0.717) is 13.0 Å². The number of benzene rings is 1. The van der Waals surface area contributed by atoms with Crippen LogP contribution in [-0.2, 0) is 25.4 Å². The Kier molecular flexibility index (Phi) is 7.17. The van der Waals surface area contributed by atoms with E-state index in [1.165, 1.54) is 34.5 Å². The van der Waals surface area contributed by atoms with Crippen LogP contribution in [0.3, 0.4) is 0 Å². The lowest BCUT2D eigenvalue weighted by atomic mass is 9.92. The second-order valence-electron chi connectivity index (χ2n) is 11.4. The monoisotopic (exact) mass is 551 g/mol. The van der Waals surface area contributed by atoms with Gasteiger partial charge in [-0.25, -0.2) is 14.8 Å². The van der Waals surface area contributed by atoms with Crippen molar-refractivity contribution in [2.45, 2.75) is 70.2 Å². The minimum absolute atomic E-state index is 0.0233. The topological polar surface area (TPSA) is 140 Å². The van der Waals surface area contributed by atoms with Crippen molar-refractivity contribution < 1.29 is 15.0 Å². The molecule has 1 aliphatic rings. The number of hydrogen-bond donors (Lipinski definition) is 2. The molecule has 4 aromatic rings. The Hall–Kier alpha value is -3.77. The number of likely N-dealkylation sites (tertiary alicyclic amines) is 1. The zero-order chi connectivity index (χ0) is 28.9. The van der Waals surface area contributed by atoms with Crippen LogP contribution in [0.4, 0.5) is 0 Å². The summed E-state index contributed by atoms with van der Waals surface area (Å²) in [6, 6.07) is 7.21. The van der Waals surface area contributed by atoms with Crippen LogP contribution in [0.2, 0.25) is 0 Å². The highest BCUT2D eigenvalue weighted by molar-refractivity contribution is 5.77. The van der Waals surface area contributed by atoms with Gasteiger partial charge in [-0.05, 0) is 31.9 Å². The van der Waals surface area contributed by atoms with E-state index in [0.717, 1.165) is 21.4 Å². The van der Waals surface area contributed by atoms with Crippen molar-refractivity contribution >= 4 is 28.1 Å². The number of β-amino-alcohol motifs (C(OH)–C–C–N with tert-alkyl or cyclic N) is 2. The van der Waals surface area contributed by atoms with E-state index in [1.807, 2.05) is 24.3 Å². The molecule has 1 saturated heterocycles. The molecule has 1 fully saturated rings. The van der Waals surface area contributed by atoms with Crippen LogP contribution < -0.4 is 11.2 Å². The second kappa shape index (κ2) is 10.3. The molecule has 1 aromatic carbocycles. The van der Waals surface area contributed by atoms with E-state index in [9.17, 15) is 24.6 Å². The van der Waals surface area contributed by atoms with Gasteiger partial charge in [0.1, 0.15) is 11.4 Å². The van der Waals surface area contributed by atoms with E-state index < -0.39 is 29.0 Å². The van der Waals surface area contributed by atoms with Gasteiger partial charge in [0.25, 0.3) is 5.56 Å². The number of para-hydroxylation sites is 2. The molecule has 0 unspecified atom stereocenters. The molecule has 0 spiro atoms. The summed E-state index contributed by atoms with van der Waals surface area (Å²) < 4.78 is 5.96. The summed E-state index contributed by atoms with van der Waals surface area (Å²) in [5.41, 5.74) is -0.199. The maximum Gasteiger partial charge on any atom is 0.332 e. The normalized spacial score (nSPS) is 21.9. The van der Waals surface area contributed by atoms with Crippen molar-refractivity contribution in [2.75, 3.05) is 13.1 Å². The van der Waals surface area contributed by atoms with E-state index in [1.54, 1.807) is 6.92 Å². The van der Waals surface area contributed by atoms with Gasteiger partial charge >= 0.3 is 5.69 Å². The predicted octanol–water partition coefficient (Wildman–Crippen LogP) is 1.27. The molecule has 2 N–H and O–H groups in total. The molecule has 0 saturated carbocycles. The fourth-order valence-electron chi connectivity index (χ4n) is 5.92. The number of aryl methyl sites for hydroxylation is 2. The minimum atomic E-state index is -1.48. The number of aliphatic hydroxyl groups excluding tert-OH is 1. The lowest BCUT2D eigenvalue weighted by Crippen LogP contribution is -2.47. The van der Waals surface area contributed by atoms with Gasteiger partial charge in [-0.3, -0.25) is 18.7 Å². The van der Waals surface area contributed by atoms with Crippen molar-refractivity contribution in [3.63, 3.8) is 0 Å². The number of hydrogen-bond acceptors (Lipinski definition) is 7. The zero-order valence-corrected chi connectivity index (χ0v) is 23.6. The molecule has 12 heteroatoms. The standard InChI is InChI=1S/C28H37N7O5/c1-17(2)24-30-19-9-6-7-10-20(19)34(24)12-8-11-22(37)33-14-18(36)13-21(28(3,40)15-33)35-16-29-25-23(35)26(38)32(5)27(39)31(25)4/h6-7,9-10,16-18,21,36,40H,8,11-15H2,1-5H3/t18-,21-,28-/m1/s1. The summed E-state index contributed by atoms with van der Waals surface area (Å²) in [7, 11) is 2.91. The first-order valence-electron chi connectivity index (χ1n) is 13.7. The molecule has 0 bridgehead atoms. The Morgan fingerprint density at radius 1 is 1.18 bits per heavy atom. The lowest BCUT2D eigenvalue weighted by Gasteiger charge is -2.34. The third kappa shape index (κ3) is 4.75. The molecular weight excluding hydrogens is 514 g/mol. The molecular formula is C28H37N7O5. The first-order chi connectivity index (χ1) is 18.9. The molecule has 0 aliphatic carbocycles. The Morgan fingerprint density at radius 3 is 2.62 bits per heavy atom. The van der Waals surface area contributed by atoms with E-state index in [-0.39, 0.29) is 48.9 Å². The Balaban J connectivity index is 1.35. The number of carbonyl (C=O) groups is 1. The van der Waals surface area contributed by atoms with Crippen LogP contribution in [0.5, 0.6) is 0 Å². The molecule has 3 atom stereocenters. The van der Waals surface area contributed by atoms with Gasteiger partial charge in [-0.2, -0.15) is 0 Å². The van der Waals surface area contributed by atoms with Crippen LogP contribution in [-0.4, -0.2) is 74.1 Å². The number of aromatic nitrogens is 6. The Bertz CT molecular complexity index is 1690. The quantitative estimate of drug-likeness (QED) is 0.368. The van der Waals surface area contributed by atoms with E-state index in [4.69, 9.17) is 4.98 Å². The number of aliphatic hydroxyl groups is 2. The lowest BCUT2D eigenvalue weighted by molar-refractivity contribution is -0.135. The molecule has 12 nitrogen and oxygen atoms in total. The summed E-state index contributed by atoms with van der Waals surface area (Å²) >= 11 is 0. The fourth-order valence-corrected chi connectivity index (χ4v) is 5.92. The predicted molar refractivity (Wildman–Crippen MR) is 150 cm³/mol. The third-order valence-electron chi connectivity index (χ3n) is 7.99. The second-order valence-corrected chi connectivity index (χ2v) is 11.4. The van der Waals surface area contributed by atoms with Gasteiger partial charge in [-0.15, -0.1) is 0 Å². The number of amides is 1. The zero-order valence-electron chi connectivity index (χ0n) is 23.6. The van der Waals surface area contributed by atoms with Crippen molar-refractivity contribution in [1.29, 1.82) is 0 Å². The molecule has 5 rings (SSSR count). The van der Waals surface area contributed by atoms with Crippen molar-refractivity contribution in [2.24, 2.45) is 14.1 Å². The molecule has 0 radical (unpaired) electrons. The molecule has 40 heavy (non-hydrogen) atoms. The highest BCUT2D eigenvalue weighted by Crippen LogP contribution is 2.33. The molecule has 214 valence electrons. The highest BCUT2D eigenvalue weighted by Gasteiger charge is 2.42. The van der Waals surface area contributed by atoms with Crippen LogP contribution in [0.25, 0.3) is 22.2 Å². The smallest absolute Gasteiger partial charge is 0.332 e. The van der Waals surface area contributed by atoms with E-state index >= 15 is 0 Å². The van der Waals surface area contributed by atoms with Crippen LogP contribution in [0.1, 0.15) is 57.8 Å². The average Bonchev–Trinajstić information content (AvgIpc) is 3.48. The summed E-state index contributed by atoms with van der Waals surface area (Å²) in [5, 5.41) is 22.5. The number of fused-ring (bicyclic) bond motifs is 2. The van der Waals surface area contributed by atoms with Gasteiger partial charge in [0.05, 0.1) is 36.1 Å². The maximum atomic E-state index is 13.3. The highest BCUT2D eigenvalue weighted by atomic mass is 16.3. The summed E-state index contributed by atoms with van der Waals surface area (Å²) in [6.45, 7) is 6.46. The minimum Gasteiger partial charge on any atom is -0.391 e. The Labute approximate surface area is 231 Å². The average molecular weight is 552 g/mol. The van der Waals surface area contributed by atoms with Gasteiger partial charge in [-0.1, -0.05) is 26.0 Å². The number of imidazole rings is 2. The SMILES string of the molecule is CC(C)c1nc2ccccc2n1CCCC(=O)N1C[C@H](O)C[C@@H](n2cnc3c2c(=O)n(C)c(=O)n3C)[C@](C)(O)C1. The largest absolute Gasteiger partial charge is 0.391 e. The van der Waals surface area contributed by atoms with Gasteiger partial charge in [0.15, 0.2) is 11.2 Å².